The van der Waals surface area contributed by atoms with E-state index in [0.29, 0.717) is 24.3 Å². The summed E-state index contributed by atoms with van der Waals surface area (Å²) in [7, 11) is 0. The van der Waals surface area contributed by atoms with Gasteiger partial charge in [-0.05, 0) is 23.6 Å². The monoisotopic (exact) mass is 399 g/mol. The van der Waals surface area contributed by atoms with E-state index in [1.54, 1.807) is 36.1 Å². The Kier molecular flexibility index (Phi) is 5.59. The molecule has 2 aliphatic heterocycles. The number of carbonyl (C=O) groups excluding carboxylic acids is 3. The molecule has 2 fully saturated rings. The van der Waals surface area contributed by atoms with E-state index in [0.717, 1.165) is 13.1 Å². The number of nitrogens with one attached hydrogen (secondary N) is 1. The number of carbonyl (C=O) groups is 3. The number of urea groups is 1. The molecule has 0 spiro atoms. The molecular formula is C18H20F3N3O4. The number of fused-ring (bicyclic) bond motifs is 1. The molecule has 7 nitrogen and oxygen atoms in total. The van der Waals surface area contributed by atoms with Gasteiger partial charge in [-0.3, -0.25) is 9.69 Å². The summed E-state index contributed by atoms with van der Waals surface area (Å²) in [6.45, 7) is 4.39. The Morgan fingerprint density at radius 1 is 1.29 bits per heavy atom. The minimum absolute atomic E-state index is 0.0541. The van der Waals surface area contributed by atoms with Crippen molar-refractivity contribution in [3.05, 3.63) is 29.8 Å². The summed E-state index contributed by atoms with van der Waals surface area (Å²) in [5.74, 6) is -4.20. The van der Waals surface area contributed by atoms with Crippen LogP contribution in [-0.4, -0.2) is 61.3 Å². The Labute approximate surface area is 159 Å². The third-order valence-corrected chi connectivity index (χ3v) is 4.90. The first-order valence-corrected chi connectivity index (χ1v) is 8.87. The molecular weight excluding hydrogens is 379 g/mol. The zero-order valence-electron chi connectivity index (χ0n) is 15.2. The van der Waals surface area contributed by atoms with Crippen LogP contribution in [0.1, 0.15) is 24.8 Å². The number of esters is 2. The standard InChI is InChI=1S/C18H20F3N3O4/c1-11(8-15(25)28-16(26)18(19,20)21)12-2-4-13(5-3-12)24-10-14-9-22-6-7-23(14)17(24)27/h2-5,11,14,22H,6-10H2,1H3/t11?,14-/m0/s1. The van der Waals surface area contributed by atoms with E-state index in [9.17, 15) is 27.6 Å². The molecule has 0 radical (unpaired) electrons. The molecule has 28 heavy (non-hydrogen) atoms. The lowest BCUT2D eigenvalue weighted by Gasteiger charge is -2.28. The summed E-state index contributed by atoms with van der Waals surface area (Å²) >= 11 is 0. The van der Waals surface area contributed by atoms with E-state index in [4.69, 9.17) is 0 Å². The molecule has 2 atom stereocenters. The molecule has 2 heterocycles. The first-order chi connectivity index (χ1) is 13.2. The van der Waals surface area contributed by atoms with Gasteiger partial charge in [-0.1, -0.05) is 19.1 Å². The van der Waals surface area contributed by atoms with Gasteiger partial charge < -0.3 is 15.0 Å². The van der Waals surface area contributed by atoms with E-state index >= 15 is 0 Å². The van der Waals surface area contributed by atoms with Gasteiger partial charge in [0.05, 0.1) is 12.5 Å². The summed E-state index contributed by atoms with van der Waals surface area (Å²) in [5.41, 5.74) is 1.40. The predicted octanol–water partition coefficient (Wildman–Crippen LogP) is 2.03. The quantitative estimate of drug-likeness (QED) is 0.619. The average Bonchev–Trinajstić information content (AvgIpc) is 2.98. The molecule has 1 N–H and O–H groups in total. The van der Waals surface area contributed by atoms with Crippen molar-refractivity contribution in [2.24, 2.45) is 0 Å². The Bertz CT molecular complexity index is 766. The second-order valence-corrected chi connectivity index (χ2v) is 6.90. The molecule has 0 aliphatic carbocycles. The van der Waals surface area contributed by atoms with Crippen LogP contribution in [0.2, 0.25) is 0 Å². The molecule has 10 heteroatoms. The predicted molar refractivity (Wildman–Crippen MR) is 92.7 cm³/mol. The maximum Gasteiger partial charge on any atom is 0.491 e. The largest absolute Gasteiger partial charge is 0.491 e. The van der Waals surface area contributed by atoms with Gasteiger partial charge in [-0.25, -0.2) is 9.59 Å². The topological polar surface area (TPSA) is 79.0 Å². The van der Waals surface area contributed by atoms with Gasteiger partial charge in [0.15, 0.2) is 0 Å². The number of piperazine rings is 1. The number of nitrogens with zero attached hydrogens (tertiary/aromatic N) is 2. The molecule has 0 saturated carbocycles. The Morgan fingerprint density at radius 3 is 2.57 bits per heavy atom. The van der Waals surface area contributed by atoms with Gasteiger partial charge in [-0.15, -0.1) is 0 Å². The fourth-order valence-corrected chi connectivity index (χ4v) is 3.39. The van der Waals surface area contributed by atoms with Crippen molar-refractivity contribution in [1.29, 1.82) is 0 Å². The lowest BCUT2D eigenvalue weighted by molar-refractivity contribution is -0.201. The molecule has 2 aliphatic rings. The van der Waals surface area contributed by atoms with Gasteiger partial charge >= 0.3 is 24.1 Å². The maximum atomic E-state index is 12.5. The summed E-state index contributed by atoms with van der Waals surface area (Å²) in [5, 5.41) is 3.25. The van der Waals surface area contributed by atoms with Crippen molar-refractivity contribution in [3.8, 4) is 0 Å². The summed E-state index contributed by atoms with van der Waals surface area (Å²) in [6, 6.07) is 6.97. The second kappa shape index (κ2) is 7.78. The number of anilines is 1. The van der Waals surface area contributed by atoms with E-state index in [1.807, 2.05) is 4.90 Å². The lowest BCUT2D eigenvalue weighted by Crippen LogP contribution is -2.49. The average molecular weight is 399 g/mol. The SMILES string of the molecule is CC(CC(=O)OC(=O)C(F)(F)F)c1ccc(N2C[C@@H]3CNCCN3C2=O)cc1. The van der Waals surface area contributed by atoms with Crippen LogP contribution in [0.5, 0.6) is 0 Å². The number of halogens is 3. The van der Waals surface area contributed by atoms with Crippen LogP contribution in [-0.2, 0) is 14.3 Å². The van der Waals surface area contributed by atoms with Gasteiger partial charge in [0.25, 0.3) is 0 Å². The van der Waals surface area contributed by atoms with Crippen molar-refractivity contribution >= 4 is 23.7 Å². The van der Waals surface area contributed by atoms with E-state index in [2.05, 4.69) is 10.1 Å². The van der Waals surface area contributed by atoms with E-state index in [1.165, 1.54) is 0 Å². The molecule has 0 bridgehead atoms. The molecule has 2 amide bonds. The van der Waals surface area contributed by atoms with E-state index < -0.39 is 24.0 Å². The number of amides is 2. The molecule has 152 valence electrons. The van der Waals surface area contributed by atoms with Crippen molar-refractivity contribution in [3.63, 3.8) is 0 Å². The van der Waals surface area contributed by atoms with Crippen molar-refractivity contribution in [2.75, 3.05) is 31.1 Å². The molecule has 3 rings (SSSR count). The molecule has 1 aromatic rings. The lowest BCUT2D eigenvalue weighted by atomic mass is 9.97. The maximum absolute atomic E-state index is 12.5. The highest BCUT2D eigenvalue weighted by atomic mass is 19.4. The molecule has 2 saturated heterocycles. The van der Waals surface area contributed by atoms with Gasteiger partial charge in [0.2, 0.25) is 0 Å². The molecule has 0 aromatic heterocycles. The molecule has 1 unspecified atom stereocenters. The number of benzene rings is 1. The Morgan fingerprint density at radius 2 is 1.96 bits per heavy atom. The third-order valence-electron chi connectivity index (χ3n) is 4.90. The zero-order valence-corrected chi connectivity index (χ0v) is 15.2. The number of hydrogen-bond acceptors (Lipinski definition) is 5. The van der Waals surface area contributed by atoms with Crippen LogP contribution < -0.4 is 10.2 Å². The first kappa shape index (κ1) is 20.1. The minimum Gasteiger partial charge on any atom is -0.386 e. The highest BCUT2D eigenvalue weighted by Crippen LogP contribution is 2.28. The summed E-state index contributed by atoms with van der Waals surface area (Å²) in [4.78, 5) is 38.3. The second-order valence-electron chi connectivity index (χ2n) is 6.90. The van der Waals surface area contributed by atoms with E-state index in [-0.39, 0.29) is 18.5 Å². The number of ether oxygens (including phenoxy) is 1. The Hall–Kier alpha value is -2.62. The number of alkyl halides is 3. The van der Waals surface area contributed by atoms with Gasteiger partial charge in [-0.2, -0.15) is 13.2 Å². The van der Waals surface area contributed by atoms with Crippen LogP contribution in [0.15, 0.2) is 24.3 Å². The number of hydrogen-bond donors (Lipinski definition) is 1. The van der Waals surface area contributed by atoms with Crippen LogP contribution in [0, 0.1) is 0 Å². The summed E-state index contributed by atoms with van der Waals surface area (Å²) < 4.78 is 40.2. The minimum atomic E-state index is -5.20. The number of rotatable bonds is 4. The fourth-order valence-electron chi connectivity index (χ4n) is 3.39. The smallest absolute Gasteiger partial charge is 0.386 e. The fraction of sp³-hybridized carbons (Fsp3) is 0.500. The first-order valence-electron chi connectivity index (χ1n) is 8.87. The third kappa shape index (κ3) is 4.27. The van der Waals surface area contributed by atoms with Crippen molar-refractivity contribution in [1.82, 2.24) is 10.2 Å². The van der Waals surface area contributed by atoms with Crippen LogP contribution in [0.4, 0.5) is 23.7 Å². The van der Waals surface area contributed by atoms with Gasteiger partial charge in [0.1, 0.15) is 0 Å². The van der Waals surface area contributed by atoms with Crippen molar-refractivity contribution < 1.29 is 32.3 Å². The summed E-state index contributed by atoms with van der Waals surface area (Å²) in [6.07, 6.45) is -5.57. The van der Waals surface area contributed by atoms with Crippen LogP contribution in [0.25, 0.3) is 0 Å². The van der Waals surface area contributed by atoms with Crippen LogP contribution in [0.3, 0.4) is 0 Å². The Balaban J connectivity index is 1.60. The zero-order chi connectivity index (χ0) is 20.5. The van der Waals surface area contributed by atoms with Gasteiger partial charge in [0, 0.05) is 31.9 Å². The highest BCUT2D eigenvalue weighted by Gasteiger charge is 2.42. The van der Waals surface area contributed by atoms with Crippen molar-refractivity contribution in [2.45, 2.75) is 31.5 Å². The normalized spacial score (nSPS) is 20.7. The molecule has 1 aromatic carbocycles. The van der Waals surface area contributed by atoms with Crippen LogP contribution >= 0.6 is 0 Å². The highest BCUT2D eigenvalue weighted by molar-refractivity contribution is 5.94.